The fraction of sp³-hybridized carbons (Fsp3) is 0.375. The molecule has 0 bridgehead atoms. The first-order chi connectivity index (χ1) is 10.2. The van der Waals surface area contributed by atoms with Gasteiger partial charge in [0.1, 0.15) is 11.6 Å². The van der Waals surface area contributed by atoms with Gasteiger partial charge in [-0.2, -0.15) is 0 Å². The van der Waals surface area contributed by atoms with Crippen LogP contribution < -0.4 is 0 Å². The van der Waals surface area contributed by atoms with E-state index in [2.05, 4.69) is 14.9 Å². The molecule has 1 aromatic carbocycles. The highest BCUT2D eigenvalue weighted by Gasteiger charge is 2.24. The zero-order valence-electron chi connectivity index (χ0n) is 11.7. The van der Waals surface area contributed by atoms with Crippen molar-refractivity contribution < 1.29 is 8.78 Å². The molecule has 3 nitrogen and oxygen atoms in total. The van der Waals surface area contributed by atoms with Crippen molar-refractivity contribution in [1.29, 1.82) is 0 Å². The zero-order valence-corrected chi connectivity index (χ0v) is 11.7. The minimum Gasteiger partial charge on any atom is -0.298 e. The molecule has 1 aliphatic rings. The molecule has 0 spiro atoms. The van der Waals surface area contributed by atoms with Crippen LogP contribution in [0.2, 0.25) is 0 Å². The van der Waals surface area contributed by atoms with E-state index in [9.17, 15) is 8.78 Å². The standard InChI is InChI=1S/C16H17F2N3/c17-14-4-1-5-15(18)13(14)11-21-8-2-3-12(10-21)16-9-19-6-7-20-16/h1,4-7,9,12H,2-3,8,10-11H2/t12-/m1/s1. The molecule has 1 aromatic heterocycles. The van der Waals surface area contributed by atoms with Gasteiger partial charge in [-0.25, -0.2) is 8.78 Å². The number of nitrogens with zero attached hydrogens (tertiary/aromatic N) is 3. The van der Waals surface area contributed by atoms with Gasteiger partial charge in [-0.3, -0.25) is 14.9 Å². The number of rotatable bonds is 3. The summed E-state index contributed by atoms with van der Waals surface area (Å²) in [5.74, 6) is -0.671. The molecule has 0 N–H and O–H groups in total. The van der Waals surface area contributed by atoms with E-state index in [1.165, 1.54) is 18.2 Å². The molecule has 1 saturated heterocycles. The van der Waals surface area contributed by atoms with Crippen LogP contribution in [0.5, 0.6) is 0 Å². The highest BCUT2D eigenvalue weighted by Crippen LogP contribution is 2.26. The van der Waals surface area contributed by atoms with Gasteiger partial charge in [0.25, 0.3) is 0 Å². The summed E-state index contributed by atoms with van der Waals surface area (Å²) >= 11 is 0. The Hall–Kier alpha value is -1.88. The predicted octanol–water partition coefficient (Wildman–Crippen LogP) is 3.13. The summed E-state index contributed by atoms with van der Waals surface area (Å²) < 4.78 is 27.5. The maximum atomic E-state index is 13.7. The molecule has 2 heterocycles. The van der Waals surface area contributed by atoms with E-state index in [-0.39, 0.29) is 11.5 Å². The summed E-state index contributed by atoms with van der Waals surface area (Å²) in [6.07, 6.45) is 7.15. The molecule has 5 heteroatoms. The Kier molecular flexibility index (Phi) is 4.20. The van der Waals surface area contributed by atoms with E-state index < -0.39 is 11.6 Å². The third-order valence-corrected chi connectivity index (χ3v) is 3.95. The van der Waals surface area contributed by atoms with Crippen LogP contribution in [0.25, 0.3) is 0 Å². The average Bonchev–Trinajstić information content (AvgIpc) is 2.52. The third-order valence-electron chi connectivity index (χ3n) is 3.95. The second-order valence-corrected chi connectivity index (χ2v) is 5.40. The van der Waals surface area contributed by atoms with Crippen molar-refractivity contribution in [3.63, 3.8) is 0 Å². The maximum Gasteiger partial charge on any atom is 0.130 e. The van der Waals surface area contributed by atoms with Gasteiger partial charge in [0.2, 0.25) is 0 Å². The molecule has 110 valence electrons. The molecule has 0 saturated carbocycles. The monoisotopic (exact) mass is 289 g/mol. The fourth-order valence-electron chi connectivity index (χ4n) is 2.87. The number of benzene rings is 1. The van der Waals surface area contributed by atoms with Crippen LogP contribution in [-0.2, 0) is 6.54 Å². The second-order valence-electron chi connectivity index (χ2n) is 5.40. The lowest BCUT2D eigenvalue weighted by molar-refractivity contribution is 0.193. The van der Waals surface area contributed by atoms with Crippen LogP contribution in [0.3, 0.4) is 0 Å². The summed E-state index contributed by atoms with van der Waals surface area (Å²) in [5, 5.41) is 0. The van der Waals surface area contributed by atoms with Crippen LogP contribution in [-0.4, -0.2) is 28.0 Å². The van der Waals surface area contributed by atoms with Gasteiger partial charge in [-0.05, 0) is 31.5 Å². The van der Waals surface area contributed by atoms with Crippen molar-refractivity contribution in [3.05, 3.63) is 59.7 Å². The normalized spacial score (nSPS) is 19.6. The summed E-state index contributed by atoms with van der Waals surface area (Å²) in [7, 11) is 0. The highest BCUT2D eigenvalue weighted by molar-refractivity contribution is 5.20. The molecule has 1 aliphatic heterocycles. The molecule has 21 heavy (non-hydrogen) atoms. The average molecular weight is 289 g/mol. The molecule has 0 aliphatic carbocycles. The quantitative estimate of drug-likeness (QED) is 0.869. The van der Waals surface area contributed by atoms with Crippen molar-refractivity contribution in [2.45, 2.75) is 25.3 Å². The molecule has 0 unspecified atom stereocenters. The van der Waals surface area contributed by atoms with Crippen LogP contribution in [0.1, 0.15) is 30.0 Å². The Bertz CT molecular complexity index is 583. The van der Waals surface area contributed by atoms with E-state index in [0.29, 0.717) is 6.54 Å². The van der Waals surface area contributed by atoms with Crippen LogP contribution in [0, 0.1) is 11.6 Å². The SMILES string of the molecule is Fc1cccc(F)c1CN1CCC[C@@H](c2cnccn2)C1. The summed E-state index contributed by atoms with van der Waals surface area (Å²) in [6, 6.07) is 4.01. The molecule has 1 atom stereocenters. The fourth-order valence-corrected chi connectivity index (χ4v) is 2.87. The highest BCUT2D eigenvalue weighted by atomic mass is 19.1. The number of hydrogen-bond acceptors (Lipinski definition) is 3. The summed E-state index contributed by atoms with van der Waals surface area (Å²) in [5.41, 5.74) is 1.11. The Labute approximate surface area is 122 Å². The predicted molar refractivity (Wildman–Crippen MR) is 75.6 cm³/mol. The lowest BCUT2D eigenvalue weighted by Gasteiger charge is -2.32. The van der Waals surface area contributed by atoms with E-state index in [0.717, 1.165) is 31.6 Å². The van der Waals surface area contributed by atoms with Crippen molar-refractivity contribution in [2.75, 3.05) is 13.1 Å². The number of aromatic nitrogens is 2. The number of likely N-dealkylation sites (tertiary alicyclic amines) is 1. The largest absolute Gasteiger partial charge is 0.298 e. The summed E-state index contributed by atoms with van der Waals surface area (Å²) in [6.45, 7) is 1.91. The Morgan fingerprint density at radius 1 is 1.19 bits per heavy atom. The molecule has 1 fully saturated rings. The maximum absolute atomic E-state index is 13.7. The van der Waals surface area contributed by atoms with Crippen LogP contribution in [0.15, 0.2) is 36.8 Å². The van der Waals surface area contributed by atoms with E-state index in [1.807, 2.05) is 0 Å². The van der Waals surface area contributed by atoms with Gasteiger partial charge in [0, 0.05) is 43.2 Å². The third kappa shape index (κ3) is 3.24. The van der Waals surface area contributed by atoms with Gasteiger partial charge in [-0.15, -0.1) is 0 Å². The van der Waals surface area contributed by atoms with Crippen LogP contribution in [0.4, 0.5) is 8.78 Å². The summed E-state index contributed by atoms with van der Waals surface area (Å²) in [4.78, 5) is 10.5. The van der Waals surface area contributed by atoms with Gasteiger partial charge < -0.3 is 0 Å². The van der Waals surface area contributed by atoms with E-state index >= 15 is 0 Å². The number of halogens is 2. The van der Waals surface area contributed by atoms with E-state index in [1.54, 1.807) is 18.6 Å². The van der Waals surface area contributed by atoms with Crippen molar-refractivity contribution in [1.82, 2.24) is 14.9 Å². The minimum absolute atomic E-state index is 0.150. The lowest BCUT2D eigenvalue weighted by atomic mass is 9.94. The van der Waals surface area contributed by atoms with E-state index in [4.69, 9.17) is 0 Å². The van der Waals surface area contributed by atoms with Crippen molar-refractivity contribution in [3.8, 4) is 0 Å². The lowest BCUT2D eigenvalue weighted by Crippen LogP contribution is -2.34. The second kappa shape index (κ2) is 6.26. The first-order valence-corrected chi connectivity index (χ1v) is 7.15. The smallest absolute Gasteiger partial charge is 0.130 e. The number of hydrogen-bond donors (Lipinski definition) is 0. The Balaban J connectivity index is 1.72. The zero-order chi connectivity index (χ0) is 14.7. The molecule has 2 aromatic rings. The van der Waals surface area contributed by atoms with Crippen LogP contribution >= 0.6 is 0 Å². The number of piperidine rings is 1. The molecule has 3 rings (SSSR count). The van der Waals surface area contributed by atoms with Gasteiger partial charge in [0.15, 0.2) is 0 Å². The minimum atomic E-state index is -0.475. The van der Waals surface area contributed by atoms with Gasteiger partial charge in [-0.1, -0.05) is 6.07 Å². The van der Waals surface area contributed by atoms with Crippen molar-refractivity contribution >= 4 is 0 Å². The molecular formula is C16H17F2N3. The van der Waals surface area contributed by atoms with Gasteiger partial charge in [0.05, 0.1) is 5.69 Å². The molecule has 0 radical (unpaired) electrons. The molecular weight excluding hydrogens is 272 g/mol. The first-order valence-electron chi connectivity index (χ1n) is 7.15. The Morgan fingerprint density at radius 3 is 2.71 bits per heavy atom. The topological polar surface area (TPSA) is 29.0 Å². The molecule has 0 amide bonds. The van der Waals surface area contributed by atoms with Gasteiger partial charge >= 0.3 is 0 Å². The Morgan fingerprint density at radius 2 is 2.00 bits per heavy atom. The first kappa shape index (κ1) is 14.1. The van der Waals surface area contributed by atoms with Crippen molar-refractivity contribution in [2.24, 2.45) is 0 Å².